The molecule has 92 valence electrons. The Morgan fingerprint density at radius 2 is 2.11 bits per heavy atom. The van der Waals surface area contributed by atoms with Crippen molar-refractivity contribution in [1.29, 1.82) is 0 Å². The fourth-order valence-electron chi connectivity index (χ4n) is 2.27. The maximum absolute atomic E-state index is 4.50. The standard InChI is InChI=1S/C14H15N3S/c1-15-14(12-7-8-17(2)16-12)11-9-18-13-6-4-3-5-10(11)13/h3-9,14-15H,1-2H3. The lowest BCUT2D eigenvalue weighted by Crippen LogP contribution is -2.18. The predicted molar refractivity (Wildman–Crippen MR) is 75.9 cm³/mol. The molecule has 3 nitrogen and oxygen atoms in total. The van der Waals surface area contributed by atoms with Crippen molar-refractivity contribution in [2.45, 2.75) is 6.04 Å². The fourth-order valence-corrected chi connectivity index (χ4v) is 3.26. The lowest BCUT2D eigenvalue weighted by molar-refractivity contribution is 0.646. The van der Waals surface area contributed by atoms with Crippen LogP contribution in [0, 0.1) is 0 Å². The normalized spacial score (nSPS) is 13.0. The van der Waals surface area contributed by atoms with Crippen LogP contribution in [0.25, 0.3) is 10.1 Å². The van der Waals surface area contributed by atoms with Gasteiger partial charge in [-0.2, -0.15) is 5.10 Å². The Labute approximate surface area is 110 Å². The minimum Gasteiger partial charge on any atom is -0.308 e. The van der Waals surface area contributed by atoms with Gasteiger partial charge in [0.25, 0.3) is 0 Å². The van der Waals surface area contributed by atoms with Gasteiger partial charge < -0.3 is 5.32 Å². The topological polar surface area (TPSA) is 29.9 Å². The highest BCUT2D eigenvalue weighted by atomic mass is 32.1. The predicted octanol–water partition coefficient (Wildman–Crippen LogP) is 2.94. The number of aromatic nitrogens is 2. The molecule has 0 saturated carbocycles. The first kappa shape index (κ1) is 11.4. The van der Waals surface area contributed by atoms with Crippen molar-refractivity contribution >= 4 is 21.4 Å². The number of thiophene rings is 1. The summed E-state index contributed by atoms with van der Waals surface area (Å²) < 4.78 is 3.16. The average Bonchev–Trinajstić information content (AvgIpc) is 2.98. The van der Waals surface area contributed by atoms with Gasteiger partial charge in [0.2, 0.25) is 0 Å². The smallest absolute Gasteiger partial charge is 0.0839 e. The van der Waals surface area contributed by atoms with Gasteiger partial charge in [0, 0.05) is 17.9 Å². The second kappa shape index (κ2) is 4.55. The van der Waals surface area contributed by atoms with Crippen molar-refractivity contribution < 1.29 is 0 Å². The number of hydrogen-bond donors (Lipinski definition) is 1. The van der Waals surface area contributed by atoms with Gasteiger partial charge in [-0.25, -0.2) is 0 Å². The van der Waals surface area contributed by atoms with Crippen LogP contribution >= 0.6 is 11.3 Å². The molecule has 0 aliphatic rings. The van der Waals surface area contributed by atoms with E-state index in [1.165, 1.54) is 15.6 Å². The lowest BCUT2D eigenvalue weighted by atomic mass is 10.0. The molecular weight excluding hydrogens is 242 g/mol. The van der Waals surface area contributed by atoms with E-state index in [2.05, 4.69) is 46.1 Å². The van der Waals surface area contributed by atoms with Crippen molar-refractivity contribution in [3.8, 4) is 0 Å². The molecule has 1 atom stereocenters. The molecule has 0 bridgehead atoms. The van der Waals surface area contributed by atoms with Crippen LogP contribution in [0.3, 0.4) is 0 Å². The number of fused-ring (bicyclic) bond motifs is 1. The molecule has 0 saturated heterocycles. The lowest BCUT2D eigenvalue weighted by Gasteiger charge is -2.13. The molecule has 0 spiro atoms. The van der Waals surface area contributed by atoms with E-state index in [1.54, 1.807) is 11.3 Å². The van der Waals surface area contributed by atoms with Crippen LogP contribution in [0.1, 0.15) is 17.3 Å². The summed E-state index contributed by atoms with van der Waals surface area (Å²) in [4.78, 5) is 0. The summed E-state index contributed by atoms with van der Waals surface area (Å²) in [5, 5.41) is 11.4. The number of rotatable bonds is 3. The van der Waals surface area contributed by atoms with Crippen LogP contribution in [0.5, 0.6) is 0 Å². The van der Waals surface area contributed by atoms with Crippen molar-refractivity contribution in [1.82, 2.24) is 15.1 Å². The molecule has 0 amide bonds. The summed E-state index contributed by atoms with van der Waals surface area (Å²) in [5.41, 5.74) is 2.36. The van der Waals surface area contributed by atoms with Crippen LogP contribution < -0.4 is 5.32 Å². The maximum Gasteiger partial charge on any atom is 0.0839 e. The zero-order valence-corrected chi connectivity index (χ0v) is 11.2. The van der Waals surface area contributed by atoms with Gasteiger partial charge >= 0.3 is 0 Å². The zero-order chi connectivity index (χ0) is 12.5. The second-order valence-electron chi connectivity index (χ2n) is 4.32. The first-order chi connectivity index (χ1) is 8.79. The van der Waals surface area contributed by atoms with Crippen molar-refractivity contribution in [2.75, 3.05) is 7.05 Å². The summed E-state index contributed by atoms with van der Waals surface area (Å²) in [6.07, 6.45) is 1.98. The molecule has 4 heteroatoms. The van der Waals surface area contributed by atoms with E-state index in [0.29, 0.717) is 0 Å². The molecule has 1 N–H and O–H groups in total. The van der Waals surface area contributed by atoms with Crippen molar-refractivity contribution in [2.24, 2.45) is 7.05 Å². The molecule has 2 aromatic heterocycles. The molecule has 1 aromatic carbocycles. The first-order valence-corrected chi connectivity index (χ1v) is 6.80. The monoisotopic (exact) mass is 257 g/mol. The Morgan fingerprint density at radius 1 is 1.28 bits per heavy atom. The Hall–Kier alpha value is -1.65. The molecule has 1 unspecified atom stereocenters. The maximum atomic E-state index is 4.50. The molecule has 18 heavy (non-hydrogen) atoms. The molecule has 3 aromatic rings. The highest BCUT2D eigenvalue weighted by Gasteiger charge is 2.18. The molecule has 3 rings (SSSR count). The van der Waals surface area contributed by atoms with Gasteiger partial charge in [0.1, 0.15) is 0 Å². The number of nitrogens with one attached hydrogen (secondary N) is 1. The Kier molecular flexibility index (Phi) is 2.89. The Bertz CT molecular complexity index is 668. The van der Waals surface area contributed by atoms with Crippen LogP contribution in [-0.2, 0) is 7.05 Å². The van der Waals surface area contributed by atoms with E-state index in [4.69, 9.17) is 0 Å². The van der Waals surface area contributed by atoms with E-state index >= 15 is 0 Å². The largest absolute Gasteiger partial charge is 0.308 e. The number of benzene rings is 1. The van der Waals surface area contributed by atoms with E-state index in [-0.39, 0.29) is 6.04 Å². The van der Waals surface area contributed by atoms with Gasteiger partial charge in [-0.05, 0) is 35.5 Å². The van der Waals surface area contributed by atoms with Gasteiger partial charge in [-0.1, -0.05) is 18.2 Å². The summed E-state index contributed by atoms with van der Waals surface area (Å²) in [7, 11) is 3.92. The molecule has 2 heterocycles. The van der Waals surface area contributed by atoms with E-state index < -0.39 is 0 Å². The fraction of sp³-hybridized carbons (Fsp3) is 0.214. The third kappa shape index (κ3) is 1.83. The van der Waals surface area contributed by atoms with Gasteiger partial charge in [-0.15, -0.1) is 11.3 Å². The van der Waals surface area contributed by atoms with Gasteiger partial charge in [0.05, 0.1) is 11.7 Å². The highest BCUT2D eigenvalue weighted by molar-refractivity contribution is 7.17. The third-order valence-corrected chi connectivity index (χ3v) is 4.12. The van der Waals surface area contributed by atoms with Crippen molar-refractivity contribution in [3.63, 3.8) is 0 Å². The third-order valence-electron chi connectivity index (χ3n) is 3.14. The number of aryl methyl sites for hydroxylation is 1. The molecule has 0 aliphatic carbocycles. The summed E-state index contributed by atoms with van der Waals surface area (Å²) in [6, 6.07) is 10.7. The van der Waals surface area contributed by atoms with Crippen LogP contribution in [0.4, 0.5) is 0 Å². The minimum absolute atomic E-state index is 0.155. The molecule has 0 fully saturated rings. The number of nitrogens with zero attached hydrogens (tertiary/aromatic N) is 2. The number of hydrogen-bond acceptors (Lipinski definition) is 3. The van der Waals surface area contributed by atoms with E-state index in [9.17, 15) is 0 Å². The van der Waals surface area contributed by atoms with Gasteiger partial charge in [0.15, 0.2) is 0 Å². The second-order valence-corrected chi connectivity index (χ2v) is 5.23. The molecule has 0 radical (unpaired) electrons. The van der Waals surface area contributed by atoms with Crippen molar-refractivity contribution in [3.05, 3.63) is 53.2 Å². The Balaban J connectivity index is 2.11. The first-order valence-electron chi connectivity index (χ1n) is 5.92. The van der Waals surface area contributed by atoms with Crippen LogP contribution in [0.15, 0.2) is 41.9 Å². The van der Waals surface area contributed by atoms with E-state index in [0.717, 1.165) is 5.69 Å². The van der Waals surface area contributed by atoms with Crippen LogP contribution in [-0.4, -0.2) is 16.8 Å². The minimum atomic E-state index is 0.155. The van der Waals surface area contributed by atoms with Crippen LogP contribution in [0.2, 0.25) is 0 Å². The highest BCUT2D eigenvalue weighted by Crippen LogP contribution is 2.32. The summed E-state index contributed by atoms with van der Waals surface area (Å²) >= 11 is 1.78. The molecule has 0 aliphatic heterocycles. The van der Waals surface area contributed by atoms with Gasteiger partial charge in [-0.3, -0.25) is 4.68 Å². The van der Waals surface area contributed by atoms with E-state index in [1.807, 2.05) is 25.0 Å². The summed E-state index contributed by atoms with van der Waals surface area (Å²) in [6.45, 7) is 0. The quantitative estimate of drug-likeness (QED) is 0.782. The summed E-state index contributed by atoms with van der Waals surface area (Å²) in [5.74, 6) is 0. The molecular formula is C14H15N3S. The Morgan fingerprint density at radius 3 is 2.83 bits per heavy atom. The zero-order valence-electron chi connectivity index (χ0n) is 10.4. The average molecular weight is 257 g/mol. The SMILES string of the molecule is CNC(c1ccn(C)n1)c1csc2ccccc12.